The minimum absolute atomic E-state index is 0.0914. The van der Waals surface area contributed by atoms with Gasteiger partial charge in [0.15, 0.2) is 0 Å². The zero-order valence-electron chi connectivity index (χ0n) is 14.5. The lowest BCUT2D eigenvalue weighted by molar-refractivity contribution is -0.113. The van der Waals surface area contributed by atoms with Gasteiger partial charge >= 0.3 is 0 Å². The number of hydrogen-bond acceptors (Lipinski definition) is 4. The molecule has 128 valence electrons. The minimum Gasteiger partial charge on any atom is -0.330 e. The van der Waals surface area contributed by atoms with E-state index in [0.29, 0.717) is 17.4 Å². The molecule has 3 aromatic rings. The minimum atomic E-state index is -0.0914. The smallest absolute Gasteiger partial charge is 0.237 e. The van der Waals surface area contributed by atoms with Crippen LogP contribution < -0.4 is 5.32 Å². The van der Waals surface area contributed by atoms with Crippen LogP contribution in [0.3, 0.4) is 0 Å². The quantitative estimate of drug-likeness (QED) is 0.678. The van der Waals surface area contributed by atoms with Crippen molar-refractivity contribution in [3.8, 4) is 11.4 Å². The van der Waals surface area contributed by atoms with Crippen LogP contribution in [-0.4, -0.2) is 26.6 Å². The maximum absolute atomic E-state index is 12.2. The Morgan fingerprint density at radius 2 is 1.92 bits per heavy atom. The van der Waals surface area contributed by atoms with Crippen molar-refractivity contribution < 1.29 is 4.79 Å². The number of aromatic amines is 1. The summed E-state index contributed by atoms with van der Waals surface area (Å²) >= 11 is 1.55. The van der Waals surface area contributed by atoms with Gasteiger partial charge in [-0.2, -0.15) is 0 Å². The topological polar surface area (TPSA) is 70.7 Å². The monoisotopic (exact) mass is 352 g/mol. The molecule has 1 aromatic carbocycles. The average molecular weight is 352 g/mol. The van der Waals surface area contributed by atoms with E-state index >= 15 is 0 Å². The normalized spacial score (nSPS) is 10.7. The Bertz CT molecular complexity index is 866. The molecule has 0 aliphatic heterocycles. The van der Waals surface area contributed by atoms with Gasteiger partial charge in [-0.1, -0.05) is 23.8 Å². The highest BCUT2D eigenvalue weighted by Crippen LogP contribution is 2.27. The van der Waals surface area contributed by atoms with E-state index in [-0.39, 0.29) is 5.91 Å². The number of aromatic nitrogens is 3. The predicted octanol–water partition coefficient (Wildman–Crippen LogP) is 4.13. The number of carbonyl (C=O) groups excluding carboxylic acids is 1. The van der Waals surface area contributed by atoms with Crippen LogP contribution in [0.2, 0.25) is 0 Å². The van der Waals surface area contributed by atoms with E-state index in [1.54, 1.807) is 24.2 Å². The lowest BCUT2D eigenvalue weighted by atomic mass is 10.1. The van der Waals surface area contributed by atoms with Crippen molar-refractivity contribution >= 4 is 23.6 Å². The van der Waals surface area contributed by atoms with E-state index in [9.17, 15) is 4.79 Å². The van der Waals surface area contributed by atoms with Crippen LogP contribution >= 0.6 is 11.8 Å². The first-order chi connectivity index (χ1) is 12.0. The summed E-state index contributed by atoms with van der Waals surface area (Å²) in [5, 5.41) is 2.80. The molecule has 0 spiro atoms. The summed E-state index contributed by atoms with van der Waals surface area (Å²) in [6, 6.07) is 9.90. The number of pyridine rings is 1. The highest BCUT2D eigenvalue weighted by atomic mass is 32.2. The molecule has 5 nitrogen and oxygen atoms in total. The lowest BCUT2D eigenvalue weighted by Crippen LogP contribution is -2.15. The highest BCUT2D eigenvalue weighted by molar-refractivity contribution is 8.00. The third kappa shape index (κ3) is 4.28. The van der Waals surface area contributed by atoms with Gasteiger partial charge in [0.1, 0.15) is 5.69 Å². The van der Waals surface area contributed by atoms with Crippen LogP contribution in [-0.2, 0) is 4.79 Å². The summed E-state index contributed by atoms with van der Waals surface area (Å²) in [5.41, 5.74) is 5.10. The number of benzene rings is 1. The summed E-state index contributed by atoms with van der Waals surface area (Å²) in [4.78, 5) is 25.0. The number of H-pyrrole nitrogens is 1. The molecule has 2 aromatic heterocycles. The Morgan fingerprint density at radius 1 is 1.16 bits per heavy atom. The van der Waals surface area contributed by atoms with Gasteiger partial charge in [-0.3, -0.25) is 15.1 Å². The number of hydrogen-bond donors (Lipinski definition) is 2. The number of anilines is 1. The predicted molar refractivity (Wildman–Crippen MR) is 102 cm³/mol. The number of nitrogens with zero attached hydrogens (tertiary/aromatic N) is 2. The summed E-state index contributed by atoms with van der Waals surface area (Å²) < 4.78 is 0. The molecule has 0 saturated carbocycles. The molecule has 25 heavy (non-hydrogen) atoms. The maximum Gasteiger partial charge on any atom is 0.237 e. The second-order valence-corrected chi connectivity index (χ2v) is 6.90. The third-order valence-electron chi connectivity index (χ3n) is 3.72. The standard InChI is InChI=1S/C19H20N4OS/c1-12-8-13(2)18(14(3)9-12)25-11-17(24)23-19-21-10-16(22-19)15-6-4-5-7-20-15/h4-10H,11H2,1-3H3,(H2,21,22,23,24). The maximum atomic E-state index is 12.2. The Labute approximate surface area is 151 Å². The van der Waals surface area contributed by atoms with Crippen LogP contribution in [0.5, 0.6) is 0 Å². The van der Waals surface area contributed by atoms with E-state index in [4.69, 9.17) is 0 Å². The molecule has 1 amide bonds. The number of carbonyl (C=O) groups is 1. The Kier molecular flexibility index (Phi) is 5.19. The van der Waals surface area contributed by atoms with Crippen molar-refractivity contribution in [2.45, 2.75) is 25.7 Å². The molecule has 0 fully saturated rings. The molecule has 0 saturated heterocycles. The molecule has 0 aliphatic rings. The van der Waals surface area contributed by atoms with Crippen molar-refractivity contribution in [3.63, 3.8) is 0 Å². The van der Waals surface area contributed by atoms with Crippen molar-refractivity contribution in [3.05, 3.63) is 59.4 Å². The van der Waals surface area contributed by atoms with E-state index in [1.165, 1.54) is 16.7 Å². The fraction of sp³-hybridized carbons (Fsp3) is 0.211. The zero-order valence-corrected chi connectivity index (χ0v) is 15.3. The van der Waals surface area contributed by atoms with Crippen molar-refractivity contribution in [1.82, 2.24) is 15.0 Å². The molecular formula is C19H20N4OS. The van der Waals surface area contributed by atoms with Gasteiger partial charge in [0.2, 0.25) is 11.9 Å². The molecule has 0 unspecified atom stereocenters. The van der Waals surface area contributed by atoms with Crippen LogP contribution in [0.1, 0.15) is 16.7 Å². The summed E-state index contributed by atoms with van der Waals surface area (Å²) in [6.07, 6.45) is 3.45. The number of thioether (sulfide) groups is 1. The van der Waals surface area contributed by atoms with Crippen molar-refractivity contribution in [1.29, 1.82) is 0 Å². The van der Waals surface area contributed by atoms with E-state index < -0.39 is 0 Å². The van der Waals surface area contributed by atoms with Crippen LogP contribution in [0.25, 0.3) is 11.4 Å². The third-order valence-corrected chi connectivity index (χ3v) is 5.05. The number of amides is 1. The van der Waals surface area contributed by atoms with Gasteiger partial charge in [0.25, 0.3) is 0 Å². The Morgan fingerprint density at radius 3 is 2.60 bits per heavy atom. The average Bonchev–Trinajstić information content (AvgIpc) is 3.03. The molecule has 0 radical (unpaired) electrons. The fourth-order valence-corrected chi connectivity index (χ4v) is 3.65. The van der Waals surface area contributed by atoms with Gasteiger partial charge in [0.05, 0.1) is 11.4 Å². The molecule has 0 aliphatic carbocycles. The highest BCUT2D eigenvalue weighted by Gasteiger charge is 2.11. The van der Waals surface area contributed by atoms with Gasteiger partial charge in [-0.05, 0) is 44.0 Å². The molecule has 2 N–H and O–H groups in total. The number of nitrogens with one attached hydrogen (secondary N) is 2. The summed E-state index contributed by atoms with van der Waals surface area (Å²) in [7, 11) is 0. The van der Waals surface area contributed by atoms with Crippen LogP contribution in [0, 0.1) is 20.8 Å². The van der Waals surface area contributed by atoms with Crippen molar-refractivity contribution in [2.24, 2.45) is 0 Å². The zero-order chi connectivity index (χ0) is 17.8. The van der Waals surface area contributed by atoms with Crippen molar-refractivity contribution in [2.75, 3.05) is 11.1 Å². The van der Waals surface area contributed by atoms with Gasteiger partial charge in [0, 0.05) is 17.3 Å². The summed E-state index contributed by atoms with van der Waals surface area (Å²) in [6.45, 7) is 6.23. The molecule has 0 atom stereocenters. The first-order valence-electron chi connectivity index (χ1n) is 8.00. The van der Waals surface area contributed by atoms with Gasteiger partial charge < -0.3 is 4.98 Å². The molecule has 2 heterocycles. The molecule has 6 heteroatoms. The summed E-state index contributed by atoms with van der Waals surface area (Å²) in [5.74, 6) is 0.680. The van der Waals surface area contributed by atoms with E-state index in [2.05, 4.69) is 53.2 Å². The second kappa shape index (κ2) is 7.53. The van der Waals surface area contributed by atoms with Crippen LogP contribution in [0.15, 0.2) is 47.6 Å². The molecule has 0 bridgehead atoms. The lowest BCUT2D eigenvalue weighted by Gasteiger charge is -2.10. The Hall–Kier alpha value is -2.60. The largest absolute Gasteiger partial charge is 0.330 e. The SMILES string of the molecule is Cc1cc(C)c(SCC(=O)Nc2nc(-c3ccccn3)c[nH]2)c(C)c1. The first kappa shape index (κ1) is 17.2. The second-order valence-electron chi connectivity index (χ2n) is 5.91. The van der Waals surface area contributed by atoms with Gasteiger partial charge in [-0.25, -0.2) is 4.98 Å². The van der Waals surface area contributed by atoms with Gasteiger partial charge in [-0.15, -0.1) is 11.8 Å². The number of rotatable bonds is 5. The number of aryl methyl sites for hydroxylation is 3. The van der Waals surface area contributed by atoms with E-state index in [0.717, 1.165) is 10.6 Å². The molecular weight excluding hydrogens is 332 g/mol. The fourth-order valence-electron chi connectivity index (χ4n) is 2.73. The molecule has 3 rings (SSSR count). The van der Waals surface area contributed by atoms with E-state index in [1.807, 2.05) is 18.2 Å². The number of imidazole rings is 1. The first-order valence-corrected chi connectivity index (χ1v) is 8.99. The Balaban J connectivity index is 1.61. The van der Waals surface area contributed by atoms with Crippen LogP contribution in [0.4, 0.5) is 5.95 Å².